The quantitative estimate of drug-likeness (QED) is 0.528. The van der Waals surface area contributed by atoms with Gasteiger partial charge in [-0.3, -0.25) is 14.9 Å². The summed E-state index contributed by atoms with van der Waals surface area (Å²) >= 11 is 0. The molecule has 0 fully saturated rings. The highest BCUT2D eigenvalue weighted by molar-refractivity contribution is 5.80. The van der Waals surface area contributed by atoms with Gasteiger partial charge in [0.1, 0.15) is 6.20 Å². The maximum absolute atomic E-state index is 10.8. The smallest absolute Gasteiger partial charge is 0.329 e. The lowest BCUT2D eigenvalue weighted by Gasteiger charge is -2.16. The molecule has 0 spiro atoms. The fraction of sp³-hybridized carbons (Fsp3) is 0.444. The number of aromatic nitrogens is 2. The van der Waals surface area contributed by atoms with Gasteiger partial charge in [0.2, 0.25) is 17.7 Å². The van der Waals surface area contributed by atoms with Gasteiger partial charge in [0, 0.05) is 13.6 Å². The van der Waals surface area contributed by atoms with Crippen molar-refractivity contribution in [1.29, 1.82) is 0 Å². The van der Waals surface area contributed by atoms with Crippen LogP contribution < -0.4 is 16.0 Å². The molecule has 18 heavy (non-hydrogen) atoms. The summed E-state index contributed by atoms with van der Waals surface area (Å²) in [6, 6.07) is 0. The fourth-order valence-corrected chi connectivity index (χ4v) is 1.33. The number of amides is 1. The van der Waals surface area contributed by atoms with Crippen LogP contribution in [0.15, 0.2) is 6.20 Å². The number of nitrogens with zero attached hydrogens (tertiary/aromatic N) is 4. The van der Waals surface area contributed by atoms with Gasteiger partial charge in [-0.2, -0.15) is 4.98 Å². The molecule has 0 aliphatic carbocycles. The minimum atomic E-state index is -0.609. The van der Waals surface area contributed by atoms with E-state index in [1.807, 2.05) is 6.92 Å². The van der Waals surface area contributed by atoms with Crippen molar-refractivity contribution >= 4 is 23.4 Å². The molecule has 1 aromatic rings. The highest BCUT2D eigenvalue weighted by Gasteiger charge is 2.21. The Morgan fingerprint density at radius 1 is 1.67 bits per heavy atom. The minimum Gasteiger partial charge on any atom is -0.368 e. The van der Waals surface area contributed by atoms with Crippen molar-refractivity contribution in [3.05, 3.63) is 16.3 Å². The largest absolute Gasteiger partial charge is 0.368 e. The zero-order chi connectivity index (χ0) is 13.7. The van der Waals surface area contributed by atoms with Crippen LogP contribution >= 0.6 is 0 Å². The van der Waals surface area contributed by atoms with Gasteiger partial charge in [-0.05, 0) is 6.92 Å². The molecule has 0 radical (unpaired) electrons. The molecule has 3 N–H and O–H groups in total. The van der Waals surface area contributed by atoms with E-state index >= 15 is 0 Å². The van der Waals surface area contributed by atoms with Crippen molar-refractivity contribution in [2.45, 2.75) is 6.92 Å². The lowest BCUT2D eigenvalue weighted by atomic mass is 10.4. The molecular weight excluding hydrogens is 240 g/mol. The molecule has 0 bridgehead atoms. The second-order valence-corrected chi connectivity index (χ2v) is 3.51. The Bertz CT molecular complexity index is 464. The van der Waals surface area contributed by atoms with E-state index in [2.05, 4.69) is 15.3 Å². The summed E-state index contributed by atoms with van der Waals surface area (Å²) < 4.78 is 0. The molecule has 1 heterocycles. The molecule has 1 amide bonds. The van der Waals surface area contributed by atoms with Crippen molar-refractivity contribution in [3.63, 3.8) is 0 Å². The molecule has 0 aliphatic rings. The van der Waals surface area contributed by atoms with E-state index in [1.54, 1.807) is 0 Å². The van der Waals surface area contributed by atoms with Crippen molar-refractivity contribution < 1.29 is 9.72 Å². The summed E-state index contributed by atoms with van der Waals surface area (Å²) in [5, 5.41) is 13.7. The number of anilines is 2. The van der Waals surface area contributed by atoms with Crippen LogP contribution in [0.25, 0.3) is 0 Å². The van der Waals surface area contributed by atoms with Crippen LogP contribution in [0.2, 0.25) is 0 Å². The molecule has 9 heteroatoms. The van der Waals surface area contributed by atoms with Crippen molar-refractivity contribution in [3.8, 4) is 0 Å². The van der Waals surface area contributed by atoms with E-state index in [0.717, 1.165) is 6.20 Å². The number of hydrogen-bond donors (Lipinski definition) is 2. The van der Waals surface area contributed by atoms with E-state index in [0.29, 0.717) is 6.54 Å². The number of nitro groups is 1. The van der Waals surface area contributed by atoms with Crippen LogP contribution in [-0.4, -0.2) is 40.9 Å². The molecule has 98 valence electrons. The third-order valence-corrected chi connectivity index (χ3v) is 2.04. The highest BCUT2D eigenvalue weighted by atomic mass is 16.6. The first-order valence-electron chi connectivity index (χ1n) is 5.20. The third kappa shape index (κ3) is 3.27. The van der Waals surface area contributed by atoms with Crippen molar-refractivity contribution in [1.82, 2.24) is 9.97 Å². The topological polar surface area (TPSA) is 127 Å². The first kappa shape index (κ1) is 13.6. The zero-order valence-corrected chi connectivity index (χ0v) is 10.1. The third-order valence-electron chi connectivity index (χ3n) is 2.04. The first-order valence-corrected chi connectivity index (χ1v) is 5.20. The summed E-state index contributed by atoms with van der Waals surface area (Å²) in [4.78, 5) is 30.2. The number of carbonyl (C=O) groups is 1. The first-order chi connectivity index (χ1) is 8.45. The molecule has 0 saturated carbocycles. The van der Waals surface area contributed by atoms with Crippen molar-refractivity contribution in [2.24, 2.45) is 5.73 Å². The average Bonchev–Trinajstić information content (AvgIpc) is 2.28. The number of hydrogen-bond acceptors (Lipinski definition) is 7. The number of likely N-dealkylation sites (N-methyl/N-ethyl adjacent to an activating group) is 1. The summed E-state index contributed by atoms with van der Waals surface area (Å²) in [7, 11) is 1.50. The van der Waals surface area contributed by atoms with E-state index in [9.17, 15) is 14.9 Å². The molecule has 1 aromatic heterocycles. The van der Waals surface area contributed by atoms with Gasteiger partial charge < -0.3 is 16.0 Å². The maximum Gasteiger partial charge on any atom is 0.329 e. The van der Waals surface area contributed by atoms with E-state index in [-0.39, 0.29) is 24.0 Å². The Balaban J connectivity index is 3.13. The lowest BCUT2D eigenvalue weighted by Crippen LogP contribution is -2.31. The fourth-order valence-electron chi connectivity index (χ4n) is 1.33. The van der Waals surface area contributed by atoms with Gasteiger partial charge in [0.05, 0.1) is 11.5 Å². The van der Waals surface area contributed by atoms with E-state index < -0.39 is 10.8 Å². The van der Waals surface area contributed by atoms with Crippen LogP contribution in [-0.2, 0) is 4.79 Å². The van der Waals surface area contributed by atoms with Gasteiger partial charge in [-0.1, -0.05) is 0 Å². The van der Waals surface area contributed by atoms with Gasteiger partial charge in [0.15, 0.2) is 0 Å². The van der Waals surface area contributed by atoms with Gasteiger partial charge >= 0.3 is 5.69 Å². The Labute approximate surface area is 103 Å². The van der Waals surface area contributed by atoms with E-state index in [4.69, 9.17) is 5.73 Å². The Hall–Kier alpha value is -2.45. The Morgan fingerprint density at radius 3 is 2.83 bits per heavy atom. The summed E-state index contributed by atoms with van der Waals surface area (Å²) in [6.07, 6.45) is 1.10. The van der Waals surface area contributed by atoms with Gasteiger partial charge in [-0.25, -0.2) is 4.98 Å². The molecule has 0 unspecified atom stereocenters. The van der Waals surface area contributed by atoms with Crippen LogP contribution in [0.4, 0.5) is 17.5 Å². The number of carbonyl (C=O) groups excluding carboxylic acids is 1. The standard InChI is InChI=1S/C9H14N6O3/c1-3-11-9-12-4-6(15(17)18)8(13-9)14(2)5-7(10)16/h4H,3,5H2,1-2H3,(H2,10,16)(H,11,12,13). The highest BCUT2D eigenvalue weighted by Crippen LogP contribution is 2.24. The monoisotopic (exact) mass is 254 g/mol. The van der Waals surface area contributed by atoms with Crippen LogP contribution in [0.3, 0.4) is 0 Å². The molecule has 1 rings (SSSR count). The Kier molecular flexibility index (Phi) is 4.35. The zero-order valence-electron chi connectivity index (χ0n) is 10.1. The summed E-state index contributed by atoms with van der Waals surface area (Å²) in [5.41, 5.74) is 4.77. The predicted molar refractivity (Wildman–Crippen MR) is 65.3 cm³/mol. The number of rotatable bonds is 6. The molecule has 9 nitrogen and oxygen atoms in total. The van der Waals surface area contributed by atoms with Crippen LogP contribution in [0.1, 0.15) is 6.92 Å². The predicted octanol–water partition coefficient (Wildman–Crippen LogP) is -0.262. The number of primary amides is 1. The summed E-state index contributed by atoms with van der Waals surface area (Å²) in [5.74, 6) is -0.297. The molecule has 0 saturated heterocycles. The SMILES string of the molecule is CCNc1ncc([N+](=O)[O-])c(N(C)CC(N)=O)n1. The molecule has 0 atom stereocenters. The second kappa shape index (κ2) is 5.75. The lowest BCUT2D eigenvalue weighted by molar-refractivity contribution is -0.384. The molecular formula is C9H14N6O3. The van der Waals surface area contributed by atoms with Gasteiger partial charge in [0.25, 0.3) is 0 Å². The summed E-state index contributed by atoms with van der Waals surface area (Å²) in [6.45, 7) is 2.26. The second-order valence-electron chi connectivity index (χ2n) is 3.51. The van der Waals surface area contributed by atoms with Crippen LogP contribution in [0, 0.1) is 10.1 Å². The number of nitrogens with one attached hydrogen (secondary N) is 1. The normalized spacial score (nSPS) is 9.89. The minimum absolute atomic E-state index is 0.0461. The Morgan fingerprint density at radius 2 is 2.33 bits per heavy atom. The number of nitrogens with two attached hydrogens (primary N) is 1. The van der Waals surface area contributed by atoms with Crippen LogP contribution in [0.5, 0.6) is 0 Å². The van der Waals surface area contributed by atoms with E-state index in [1.165, 1.54) is 11.9 Å². The van der Waals surface area contributed by atoms with Crippen molar-refractivity contribution in [2.75, 3.05) is 30.4 Å². The van der Waals surface area contributed by atoms with Gasteiger partial charge in [-0.15, -0.1) is 0 Å². The molecule has 0 aromatic carbocycles. The average molecular weight is 254 g/mol. The maximum atomic E-state index is 10.8. The molecule has 0 aliphatic heterocycles.